The molecule has 2 aromatic rings. The molecule has 0 radical (unpaired) electrons. The molecule has 1 fully saturated rings. The molecule has 1 heterocycles. The molecule has 0 bridgehead atoms. The van der Waals surface area contributed by atoms with Gasteiger partial charge in [-0.1, -0.05) is 0 Å². The van der Waals surface area contributed by atoms with E-state index in [9.17, 15) is 13.2 Å². The van der Waals surface area contributed by atoms with Crippen LogP contribution in [0.4, 0.5) is 11.4 Å². The van der Waals surface area contributed by atoms with Gasteiger partial charge in [-0.15, -0.1) is 0 Å². The topological polar surface area (TPSA) is 75.7 Å². The molecule has 1 aliphatic carbocycles. The zero-order valence-electron chi connectivity index (χ0n) is 17.0. The summed E-state index contributed by atoms with van der Waals surface area (Å²) >= 11 is 0. The molecule has 6 nitrogen and oxygen atoms in total. The first-order chi connectivity index (χ1) is 13.8. The summed E-state index contributed by atoms with van der Waals surface area (Å²) in [7, 11) is -2.34. The van der Waals surface area contributed by atoms with Crippen LogP contribution in [-0.4, -0.2) is 28.0 Å². The number of carbonyl (C=O) groups excluding carboxylic acids is 1. The lowest BCUT2D eigenvalue weighted by Gasteiger charge is -2.30. The third-order valence-electron chi connectivity index (χ3n) is 5.71. The second-order valence-electron chi connectivity index (χ2n) is 7.90. The number of nitrogens with zero attached hydrogens (tertiary/aromatic N) is 1. The van der Waals surface area contributed by atoms with Gasteiger partial charge in [0.15, 0.2) is 0 Å². The van der Waals surface area contributed by atoms with Gasteiger partial charge in [-0.25, -0.2) is 8.42 Å². The van der Waals surface area contributed by atoms with Crippen LogP contribution >= 0.6 is 0 Å². The molecule has 7 heteroatoms. The monoisotopic (exact) mass is 414 g/mol. The highest BCUT2D eigenvalue weighted by Gasteiger charge is 2.35. The van der Waals surface area contributed by atoms with Crippen molar-refractivity contribution in [3.05, 3.63) is 47.0 Å². The van der Waals surface area contributed by atoms with E-state index in [1.165, 1.54) is 7.11 Å². The normalized spacial score (nSPS) is 16.3. The molecule has 0 saturated heterocycles. The number of methoxy groups -OCH3 is 1. The molecular weight excluding hydrogens is 388 g/mol. The van der Waals surface area contributed by atoms with Crippen molar-refractivity contribution >= 4 is 27.3 Å². The maximum Gasteiger partial charge on any atom is 0.265 e. The Morgan fingerprint density at radius 3 is 2.55 bits per heavy atom. The van der Waals surface area contributed by atoms with Crippen molar-refractivity contribution in [2.75, 3.05) is 23.3 Å². The molecule has 0 spiro atoms. The maximum absolute atomic E-state index is 13.0. The molecule has 2 aliphatic rings. The molecule has 29 heavy (non-hydrogen) atoms. The lowest BCUT2D eigenvalue weighted by molar-refractivity contribution is -0.119. The van der Waals surface area contributed by atoms with Gasteiger partial charge >= 0.3 is 0 Å². The van der Waals surface area contributed by atoms with Crippen LogP contribution in [0, 0.1) is 19.8 Å². The van der Waals surface area contributed by atoms with Crippen LogP contribution in [0.25, 0.3) is 0 Å². The Kier molecular flexibility index (Phi) is 5.02. The summed E-state index contributed by atoms with van der Waals surface area (Å²) in [5, 5.41) is 0. The van der Waals surface area contributed by atoms with Crippen LogP contribution in [0.2, 0.25) is 0 Å². The summed E-state index contributed by atoms with van der Waals surface area (Å²) in [6, 6.07) is 8.78. The molecule has 0 unspecified atom stereocenters. The number of nitrogens with one attached hydrogen (secondary N) is 1. The number of carbonyl (C=O) groups is 1. The quantitative estimate of drug-likeness (QED) is 0.807. The summed E-state index contributed by atoms with van der Waals surface area (Å²) < 4.78 is 34.0. The van der Waals surface area contributed by atoms with Gasteiger partial charge < -0.3 is 9.64 Å². The first-order valence-corrected chi connectivity index (χ1v) is 11.4. The number of rotatable bonds is 5. The number of benzene rings is 2. The van der Waals surface area contributed by atoms with Gasteiger partial charge in [0, 0.05) is 23.8 Å². The highest BCUT2D eigenvalue weighted by atomic mass is 32.2. The van der Waals surface area contributed by atoms with E-state index in [2.05, 4.69) is 4.72 Å². The predicted octanol–water partition coefficient (Wildman–Crippen LogP) is 3.80. The molecule has 0 aromatic heterocycles. The van der Waals surface area contributed by atoms with Crippen molar-refractivity contribution in [3.8, 4) is 5.75 Å². The first-order valence-electron chi connectivity index (χ1n) is 9.92. The van der Waals surface area contributed by atoms with Gasteiger partial charge in [0.2, 0.25) is 5.91 Å². The van der Waals surface area contributed by atoms with Crippen molar-refractivity contribution in [2.24, 2.45) is 5.92 Å². The number of ether oxygens (including phenoxy) is 1. The molecule has 1 amide bonds. The average molecular weight is 415 g/mol. The average Bonchev–Trinajstić information content (AvgIpc) is 3.53. The summed E-state index contributed by atoms with van der Waals surface area (Å²) in [5.41, 5.74) is 4.24. The minimum Gasteiger partial charge on any atom is -0.495 e. The van der Waals surface area contributed by atoms with Crippen LogP contribution in [0.3, 0.4) is 0 Å². The van der Waals surface area contributed by atoms with Crippen LogP contribution in [0.5, 0.6) is 5.75 Å². The van der Waals surface area contributed by atoms with Crippen molar-refractivity contribution in [3.63, 3.8) is 0 Å². The smallest absolute Gasteiger partial charge is 0.265 e. The largest absolute Gasteiger partial charge is 0.495 e. The molecular formula is C22H26N2O4S. The lowest BCUT2D eigenvalue weighted by Crippen LogP contribution is -2.36. The minimum absolute atomic E-state index is 0.117. The van der Waals surface area contributed by atoms with Gasteiger partial charge in [-0.05, 0) is 86.6 Å². The standard InChI is InChI=1S/C22H26N2O4S/c1-14-11-20(28-3)21(12-15(14)2)29(26,27)23-18-8-9-19-17(13-18)5-4-10-24(19)22(25)16-6-7-16/h8-9,11-13,16,23H,4-7,10H2,1-3H3. The zero-order chi connectivity index (χ0) is 20.8. The molecule has 0 atom stereocenters. The molecule has 154 valence electrons. The number of hydrogen-bond donors (Lipinski definition) is 1. The van der Waals surface area contributed by atoms with E-state index in [4.69, 9.17) is 4.74 Å². The maximum atomic E-state index is 13.0. The number of anilines is 2. The van der Waals surface area contributed by atoms with Gasteiger partial charge in [-0.2, -0.15) is 0 Å². The Morgan fingerprint density at radius 1 is 1.14 bits per heavy atom. The molecule has 4 rings (SSSR count). The van der Waals surface area contributed by atoms with Gasteiger partial charge in [-0.3, -0.25) is 9.52 Å². The number of fused-ring (bicyclic) bond motifs is 1. The second-order valence-corrected chi connectivity index (χ2v) is 9.55. The fraction of sp³-hybridized carbons (Fsp3) is 0.409. The van der Waals surface area contributed by atoms with Gasteiger partial charge in [0.25, 0.3) is 10.0 Å². The molecule has 1 saturated carbocycles. The number of aryl methyl sites for hydroxylation is 3. The highest BCUT2D eigenvalue weighted by Crippen LogP contribution is 2.37. The Bertz CT molecular complexity index is 1070. The van der Waals surface area contributed by atoms with E-state index < -0.39 is 10.0 Å². The fourth-order valence-corrected chi connectivity index (χ4v) is 5.07. The number of sulfonamides is 1. The minimum atomic E-state index is -3.81. The SMILES string of the molecule is COc1cc(C)c(C)cc1S(=O)(=O)Nc1ccc2c(c1)CCCN2C(=O)C1CC1. The summed E-state index contributed by atoms with van der Waals surface area (Å²) in [6.07, 6.45) is 3.65. The molecule has 1 aliphatic heterocycles. The summed E-state index contributed by atoms with van der Waals surface area (Å²) in [5.74, 6) is 0.676. The summed E-state index contributed by atoms with van der Waals surface area (Å²) in [4.78, 5) is 14.5. The van der Waals surface area contributed by atoms with Crippen molar-refractivity contribution in [2.45, 2.75) is 44.4 Å². The summed E-state index contributed by atoms with van der Waals surface area (Å²) in [6.45, 7) is 4.52. The van der Waals surface area contributed by atoms with Crippen molar-refractivity contribution in [1.82, 2.24) is 0 Å². The van der Waals surface area contributed by atoms with Crippen molar-refractivity contribution in [1.29, 1.82) is 0 Å². The number of hydrogen-bond acceptors (Lipinski definition) is 4. The predicted molar refractivity (Wildman–Crippen MR) is 113 cm³/mol. The Labute approximate surface area is 171 Å². The number of amides is 1. The second kappa shape index (κ2) is 7.37. The zero-order valence-corrected chi connectivity index (χ0v) is 17.8. The highest BCUT2D eigenvalue weighted by molar-refractivity contribution is 7.92. The van der Waals surface area contributed by atoms with E-state index in [0.29, 0.717) is 11.4 Å². The Balaban J connectivity index is 1.63. The van der Waals surface area contributed by atoms with Crippen molar-refractivity contribution < 1.29 is 17.9 Å². The Morgan fingerprint density at radius 2 is 1.86 bits per heavy atom. The van der Waals surface area contributed by atoms with Crippen LogP contribution in [-0.2, 0) is 21.2 Å². The lowest BCUT2D eigenvalue weighted by atomic mass is 10.0. The Hall–Kier alpha value is -2.54. The fourth-order valence-electron chi connectivity index (χ4n) is 3.78. The molecule has 1 N–H and O–H groups in total. The van der Waals surface area contributed by atoms with Crippen LogP contribution in [0.1, 0.15) is 36.0 Å². The third kappa shape index (κ3) is 3.83. The van der Waals surface area contributed by atoms with E-state index in [1.807, 2.05) is 30.9 Å². The van der Waals surface area contributed by atoms with Crippen LogP contribution < -0.4 is 14.4 Å². The van der Waals surface area contributed by atoms with E-state index in [1.54, 1.807) is 18.2 Å². The van der Waals surface area contributed by atoms with E-state index >= 15 is 0 Å². The first kappa shape index (κ1) is 19.8. The van der Waals surface area contributed by atoms with E-state index in [-0.39, 0.29) is 16.7 Å². The molecule has 2 aromatic carbocycles. The third-order valence-corrected chi connectivity index (χ3v) is 7.11. The van der Waals surface area contributed by atoms with Gasteiger partial charge in [0.1, 0.15) is 10.6 Å². The van der Waals surface area contributed by atoms with Gasteiger partial charge in [0.05, 0.1) is 7.11 Å². The van der Waals surface area contributed by atoms with E-state index in [0.717, 1.165) is 54.6 Å². The van der Waals surface area contributed by atoms with Crippen LogP contribution in [0.15, 0.2) is 35.2 Å².